The predicted molar refractivity (Wildman–Crippen MR) is 52.3 cm³/mol. The summed E-state index contributed by atoms with van der Waals surface area (Å²) in [4.78, 5) is 11.5. The maximum absolute atomic E-state index is 11.5. The molecule has 2 aliphatic rings. The number of rotatable bonds is 0. The number of carbonyl (C=O) groups excluding carboxylic acids is 1. The summed E-state index contributed by atoms with van der Waals surface area (Å²) in [7, 11) is 0. The minimum atomic E-state index is 0.179. The number of hydrogen-bond acceptors (Lipinski definition) is 1. The van der Waals surface area contributed by atoms with Gasteiger partial charge in [-0.05, 0) is 31.3 Å². The first-order chi connectivity index (χ1) is 6.20. The van der Waals surface area contributed by atoms with E-state index in [9.17, 15) is 4.79 Å². The maximum atomic E-state index is 11.5. The topological polar surface area (TPSA) is 17.1 Å². The average Bonchev–Trinajstić information content (AvgIpc) is 2.67. The normalized spacial score (nSPS) is 38.7. The highest BCUT2D eigenvalue weighted by atomic mass is 16.1. The number of carbonyl (C=O) groups is 1. The third-order valence-electron chi connectivity index (χ3n) is 3.99. The van der Waals surface area contributed by atoms with Gasteiger partial charge in [-0.25, -0.2) is 0 Å². The molecule has 0 saturated heterocycles. The van der Waals surface area contributed by atoms with Crippen LogP contribution in [0, 0.1) is 11.3 Å². The molecule has 0 aliphatic heterocycles. The van der Waals surface area contributed by atoms with Gasteiger partial charge in [0.15, 0.2) is 0 Å². The Morgan fingerprint density at radius 2 is 2.23 bits per heavy atom. The van der Waals surface area contributed by atoms with Crippen LogP contribution in [0.3, 0.4) is 0 Å². The second kappa shape index (κ2) is 2.85. The van der Waals surface area contributed by atoms with Crippen LogP contribution in [0.1, 0.15) is 39.0 Å². The minimum absolute atomic E-state index is 0.179. The molecule has 70 valence electrons. The van der Waals surface area contributed by atoms with Crippen molar-refractivity contribution in [1.82, 2.24) is 0 Å². The summed E-state index contributed by atoms with van der Waals surface area (Å²) < 4.78 is 0. The van der Waals surface area contributed by atoms with Gasteiger partial charge in [0.2, 0.25) is 0 Å². The first-order valence-electron chi connectivity index (χ1n) is 5.13. The van der Waals surface area contributed by atoms with Gasteiger partial charge >= 0.3 is 0 Å². The lowest BCUT2D eigenvalue weighted by atomic mass is 9.74. The molecule has 0 aromatic heterocycles. The second-order valence-electron chi connectivity index (χ2n) is 4.35. The molecule has 2 fully saturated rings. The zero-order valence-corrected chi connectivity index (χ0v) is 8.23. The van der Waals surface area contributed by atoms with Crippen LogP contribution in [-0.2, 0) is 4.79 Å². The molecular weight excluding hydrogens is 160 g/mol. The SMILES string of the molecule is C=C=C1CCCC12CCC(=O)C2C. The Labute approximate surface area is 79.5 Å². The van der Waals surface area contributed by atoms with Crippen LogP contribution in [0.5, 0.6) is 0 Å². The molecule has 0 aromatic rings. The van der Waals surface area contributed by atoms with Crippen LogP contribution in [0.4, 0.5) is 0 Å². The van der Waals surface area contributed by atoms with Gasteiger partial charge in [0.1, 0.15) is 5.78 Å². The number of allylic oxidation sites excluding steroid dienone is 1. The van der Waals surface area contributed by atoms with Crippen molar-refractivity contribution >= 4 is 5.78 Å². The van der Waals surface area contributed by atoms with E-state index in [1.807, 2.05) is 0 Å². The van der Waals surface area contributed by atoms with Crippen molar-refractivity contribution in [3.05, 3.63) is 17.9 Å². The lowest BCUT2D eigenvalue weighted by Gasteiger charge is -2.28. The Balaban J connectivity index is 2.40. The van der Waals surface area contributed by atoms with E-state index in [4.69, 9.17) is 0 Å². The van der Waals surface area contributed by atoms with E-state index >= 15 is 0 Å². The lowest BCUT2D eigenvalue weighted by molar-refractivity contribution is -0.121. The molecule has 0 heterocycles. The standard InChI is InChI=1S/C12H16O/c1-3-10-5-4-7-12(10)8-6-11(13)9(12)2/h9H,1,4-8H2,2H3. The lowest BCUT2D eigenvalue weighted by Crippen LogP contribution is -2.24. The Bertz CT molecular complexity index is 296. The van der Waals surface area contributed by atoms with E-state index in [1.165, 1.54) is 18.4 Å². The van der Waals surface area contributed by atoms with Crippen LogP contribution in [0.2, 0.25) is 0 Å². The molecule has 2 aliphatic carbocycles. The molecule has 1 spiro atoms. The third-order valence-corrected chi connectivity index (χ3v) is 3.99. The molecule has 1 nitrogen and oxygen atoms in total. The Morgan fingerprint density at radius 3 is 2.77 bits per heavy atom. The van der Waals surface area contributed by atoms with Gasteiger partial charge in [-0.1, -0.05) is 13.5 Å². The van der Waals surface area contributed by atoms with E-state index in [0.717, 1.165) is 19.3 Å². The molecule has 1 heteroatoms. The van der Waals surface area contributed by atoms with Gasteiger partial charge < -0.3 is 0 Å². The molecule has 2 unspecified atom stereocenters. The summed E-state index contributed by atoms with van der Waals surface area (Å²) in [6, 6.07) is 0. The van der Waals surface area contributed by atoms with Gasteiger partial charge in [-0.2, -0.15) is 0 Å². The fourth-order valence-corrected chi connectivity index (χ4v) is 3.09. The fourth-order valence-electron chi connectivity index (χ4n) is 3.09. The predicted octanol–water partition coefficient (Wildman–Crippen LogP) is 2.87. The van der Waals surface area contributed by atoms with Gasteiger partial charge in [0.05, 0.1) is 0 Å². The molecule has 0 N–H and O–H groups in total. The summed E-state index contributed by atoms with van der Waals surface area (Å²) in [6.07, 6.45) is 5.32. The summed E-state index contributed by atoms with van der Waals surface area (Å²) in [5.74, 6) is 0.661. The third kappa shape index (κ3) is 1.04. The molecule has 2 atom stereocenters. The van der Waals surface area contributed by atoms with E-state index < -0.39 is 0 Å². The van der Waals surface area contributed by atoms with Crippen molar-refractivity contribution in [2.24, 2.45) is 11.3 Å². The van der Waals surface area contributed by atoms with Crippen molar-refractivity contribution in [2.45, 2.75) is 39.0 Å². The summed E-state index contributed by atoms with van der Waals surface area (Å²) in [5.41, 5.74) is 4.57. The van der Waals surface area contributed by atoms with Crippen LogP contribution < -0.4 is 0 Å². The zero-order valence-electron chi connectivity index (χ0n) is 8.23. The quantitative estimate of drug-likeness (QED) is 0.519. The molecule has 2 rings (SSSR count). The highest BCUT2D eigenvalue weighted by molar-refractivity contribution is 5.84. The summed E-state index contributed by atoms with van der Waals surface area (Å²) >= 11 is 0. The van der Waals surface area contributed by atoms with E-state index in [-0.39, 0.29) is 11.3 Å². The first-order valence-corrected chi connectivity index (χ1v) is 5.13. The van der Waals surface area contributed by atoms with Gasteiger partial charge in [0, 0.05) is 17.8 Å². The van der Waals surface area contributed by atoms with Crippen molar-refractivity contribution in [3.8, 4) is 0 Å². The summed E-state index contributed by atoms with van der Waals surface area (Å²) in [5, 5.41) is 0. The maximum Gasteiger partial charge on any atom is 0.136 e. The summed E-state index contributed by atoms with van der Waals surface area (Å²) in [6.45, 7) is 5.83. The molecule has 0 radical (unpaired) electrons. The monoisotopic (exact) mass is 176 g/mol. The number of ketones is 1. The Morgan fingerprint density at radius 1 is 1.46 bits per heavy atom. The van der Waals surface area contributed by atoms with E-state index in [2.05, 4.69) is 19.2 Å². The van der Waals surface area contributed by atoms with Crippen LogP contribution in [0.25, 0.3) is 0 Å². The molecular formula is C12H16O. The van der Waals surface area contributed by atoms with Crippen LogP contribution in [0.15, 0.2) is 17.9 Å². The van der Waals surface area contributed by atoms with Crippen molar-refractivity contribution < 1.29 is 4.79 Å². The molecule has 2 saturated carbocycles. The Kier molecular flexibility index (Phi) is 1.92. The molecule has 0 amide bonds. The van der Waals surface area contributed by atoms with E-state index in [1.54, 1.807) is 0 Å². The first kappa shape index (κ1) is 8.77. The Hall–Kier alpha value is -0.810. The highest BCUT2D eigenvalue weighted by Gasteiger charge is 2.49. The van der Waals surface area contributed by atoms with Gasteiger partial charge in [-0.3, -0.25) is 4.79 Å². The number of Topliss-reactive ketones (excluding diaryl/α,β-unsaturated/α-hetero) is 1. The molecule has 0 aromatic carbocycles. The van der Waals surface area contributed by atoms with Gasteiger partial charge in [0.25, 0.3) is 0 Å². The highest BCUT2D eigenvalue weighted by Crippen LogP contribution is 2.55. The smallest absolute Gasteiger partial charge is 0.136 e. The van der Waals surface area contributed by atoms with Crippen molar-refractivity contribution in [2.75, 3.05) is 0 Å². The van der Waals surface area contributed by atoms with Crippen LogP contribution in [-0.4, -0.2) is 5.78 Å². The number of hydrogen-bond donors (Lipinski definition) is 0. The van der Waals surface area contributed by atoms with Gasteiger partial charge in [-0.15, -0.1) is 5.73 Å². The molecule has 0 bridgehead atoms. The molecule has 13 heavy (non-hydrogen) atoms. The van der Waals surface area contributed by atoms with Crippen molar-refractivity contribution in [1.29, 1.82) is 0 Å². The minimum Gasteiger partial charge on any atom is -0.299 e. The fraction of sp³-hybridized carbons (Fsp3) is 0.667. The average molecular weight is 176 g/mol. The van der Waals surface area contributed by atoms with E-state index in [0.29, 0.717) is 5.78 Å². The largest absolute Gasteiger partial charge is 0.299 e. The van der Waals surface area contributed by atoms with Crippen molar-refractivity contribution in [3.63, 3.8) is 0 Å². The second-order valence-corrected chi connectivity index (χ2v) is 4.35. The zero-order chi connectivity index (χ0) is 9.47. The van der Waals surface area contributed by atoms with Crippen LogP contribution >= 0.6 is 0 Å².